The second-order valence-corrected chi connectivity index (χ2v) is 7.35. The Bertz CT molecular complexity index is 885. The number of fused-ring (bicyclic) bond motifs is 1. The number of nitriles is 3. The molecule has 0 bridgehead atoms. The van der Waals surface area contributed by atoms with Crippen molar-refractivity contribution in [2.45, 2.75) is 39.0 Å². The lowest BCUT2D eigenvalue weighted by Gasteiger charge is -2.44. The summed E-state index contributed by atoms with van der Waals surface area (Å²) >= 11 is 0. The molecule has 1 aromatic rings. The summed E-state index contributed by atoms with van der Waals surface area (Å²) < 4.78 is 0. The summed E-state index contributed by atoms with van der Waals surface area (Å²) in [6, 6.07) is 14.6. The zero-order valence-corrected chi connectivity index (χ0v) is 15.2. The summed E-state index contributed by atoms with van der Waals surface area (Å²) in [4.78, 5) is 0. The number of benzene rings is 1. The Morgan fingerprint density at radius 3 is 2.35 bits per heavy atom. The Hall–Kier alpha value is -3.03. The van der Waals surface area contributed by atoms with E-state index in [0.717, 1.165) is 30.4 Å². The van der Waals surface area contributed by atoms with Crippen molar-refractivity contribution in [1.29, 1.82) is 15.8 Å². The van der Waals surface area contributed by atoms with Gasteiger partial charge < -0.3 is 5.73 Å². The maximum atomic E-state index is 10.00. The van der Waals surface area contributed by atoms with Crippen LogP contribution in [0.3, 0.4) is 0 Å². The molecule has 0 heterocycles. The highest BCUT2D eigenvalue weighted by Gasteiger charge is 2.54. The SMILES string of the molecule is CCc1ccc(C2C3CC(C)CC=C3C(C#N)=C(N)C2(C#N)C#N)cc1. The molecule has 130 valence electrons. The van der Waals surface area contributed by atoms with Crippen LogP contribution >= 0.6 is 0 Å². The van der Waals surface area contributed by atoms with Gasteiger partial charge in [-0.05, 0) is 47.8 Å². The molecular formula is C22H22N4. The van der Waals surface area contributed by atoms with Gasteiger partial charge in [-0.2, -0.15) is 15.8 Å². The second-order valence-electron chi connectivity index (χ2n) is 7.35. The fourth-order valence-corrected chi connectivity index (χ4v) is 4.41. The van der Waals surface area contributed by atoms with Gasteiger partial charge in [-0.3, -0.25) is 0 Å². The first kappa shape index (κ1) is 17.8. The first-order valence-corrected chi connectivity index (χ1v) is 9.04. The zero-order valence-electron chi connectivity index (χ0n) is 15.2. The van der Waals surface area contributed by atoms with Gasteiger partial charge in [0.15, 0.2) is 5.41 Å². The monoisotopic (exact) mass is 342 g/mol. The normalized spacial score (nSPS) is 26.7. The van der Waals surface area contributed by atoms with E-state index in [1.54, 1.807) is 0 Å². The van der Waals surface area contributed by atoms with E-state index in [-0.39, 0.29) is 17.5 Å². The highest BCUT2D eigenvalue weighted by molar-refractivity contribution is 5.59. The smallest absolute Gasteiger partial charge is 0.191 e. The molecule has 0 amide bonds. The third-order valence-corrected chi connectivity index (χ3v) is 5.86. The quantitative estimate of drug-likeness (QED) is 0.875. The standard InChI is InChI=1S/C22H22N4/c1-3-15-5-7-16(8-6-15)20-18-10-14(2)4-9-17(18)19(11-23)21(26)22(20,12-24)13-25/h5-9,14,18,20H,3-4,10,26H2,1-2H3. The minimum Gasteiger partial charge on any atom is -0.399 e. The van der Waals surface area contributed by atoms with Crippen molar-refractivity contribution in [1.82, 2.24) is 0 Å². The fourth-order valence-electron chi connectivity index (χ4n) is 4.41. The lowest BCUT2D eigenvalue weighted by atomic mass is 9.56. The van der Waals surface area contributed by atoms with Crippen LogP contribution in [0.1, 0.15) is 43.7 Å². The third-order valence-electron chi connectivity index (χ3n) is 5.86. The van der Waals surface area contributed by atoms with Crippen LogP contribution in [0.4, 0.5) is 0 Å². The number of hydrogen-bond acceptors (Lipinski definition) is 4. The summed E-state index contributed by atoms with van der Waals surface area (Å²) in [5, 5.41) is 29.7. The molecule has 2 aliphatic rings. The molecule has 2 aliphatic carbocycles. The van der Waals surface area contributed by atoms with Crippen LogP contribution in [-0.4, -0.2) is 0 Å². The van der Waals surface area contributed by atoms with E-state index >= 15 is 0 Å². The van der Waals surface area contributed by atoms with E-state index < -0.39 is 5.41 Å². The van der Waals surface area contributed by atoms with Gasteiger partial charge in [0.25, 0.3) is 0 Å². The van der Waals surface area contributed by atoms with Gasteiger partial charge in [-0.15, -0.1) is 0 Å². The van der Waals surface area contributed by atoms with Crippen molar-refractivity contribution in [3.05, 3.63) is 58.3 Å². The van der Waals surface area contributed by atoms with Crippen LogP contribution in [0.25, 0.3) is 0 Å². The van der Waals surface area contributed by atoms with Gasteiger partial charge in [0, 0.05) is 5.92 Å². The van der Waals surface area contributed by atoms with Gasteiger partial charge in [-0.1, -0.05) is 44.2 Å². The van der Waals surface area contributed by atoms with Crippen LogP contribution < -0.4 is 5.73 Å². The van der Waals surface area contributed by atoms with E-state index in [0.29, 0.717) is 11.5 Å². The largest absolute Gasteiger partial charge is 0.399 e. The number of allylic oxidation sites excluding steroid dienone is 4. The molecule has 1 aromatic carbocycles. The van der Waals surface area contributed by atoms with Crippen molar-refractivity contribution >= 4 is 0 Å². The topological polar surface area (TPSA) is 97.4 Å². The van der Waals surface area contributed by atoms with Gasteiger partial charge >= 0.3 is 0 Å². The third kappa shape index (κ3) is 2.49. The molecule has 0 aliphatic heterocycles. The molecule has 26 heavy (non-hydrogen) atoms. The molecule has 3 unspecified atom stereocenters. The molecule has 0 saturated heterocycles. The van der Waals surface area contributed by atoms with Gasteiger partial charge in [0.05, 0.1) is 23.4 Å². The van der Waals surface area contributed by atoms with E-state index in [4.69, 9.17) is 5.73 Å². The highest BCUT2D eigenvalue weighted by atomic mass is 14.7. The summed E-state index contributed by atoms with van der Waals surface area (Å²) in [6.07, 6.45) is 4.74. The Kier molecular flexibility index (Phi) is 4.58. The van der Waals surface area contributed by atoms with Crippen molar-refractivity contribution in [3.8, 4) is 18.2 Å². The summed E-state index contributed by atoms with van der Waals surface area (Å²) in [6.45, 7) is 4.26. The number of hydrogen-bond donors (Lipinski definition) is 1. The molecular weight excluding hydrogens is 320 g/mol. The maximum absolute atomic E-state index is 10.00. The maximum Gasteiger partial charge on any atom is 0.191 e. The van der Waals surface area contributed by atoms with Gasteiger partial charge in [0.1, 0.15) is 6.07 Å². The van der Waals surface area contributed by atoms with Crippen LogP contribution in [0, 0.1) is 51.2 Å². The van der Waals surface area contributed by atoms with E-state index in [9.17, 15) is 15.8 Å². The molecule has 3 atom stereocenters. The molecule has 0 saturated carbocycles. The Morgan fingerprint density at radius 1 is 1.15 bits per heavy atom. The molecule has 0 spiro atoms. The summed E-state index contributed by atoms with van der Waals surface area (Å²) in [7, 11) is 0. The Balaban J connectivity index is 2.28. The summed E-state index contributed by atoms with van der Waals surface area (Å²) in [5.41, 5.74) is 8.26. The Morgan fingerprint density at radius 2 is 1.81 bits per heavy atom. The molecule has 3 rings (SSSR count). The van der Waals surface area contributed by atoms with Gasteiger partial charge in [-0.25, -0.2) is 0 Å². The minimum absolute atomic E-state index is 0.0486. The van der Waals surface area contributed by atoms with Crippen molar-refractivity contribution in [2.24, 2.45) is 23.0 Å². The van der Waals surface area contributed by atoms with E-state index in [1.165, 1.54) is 5.56 Å². The first-order chi connectivity index (χ1) is 12.5. The lowest BCUT2D eigenvalue weighted by Crippen LogP contribution is -2.43. The molecule has 4 heteroatoms. The van der Waals surface area contributed by atoms with E-state index in [1.807, 2.05) is 24.3 Å². The van der Waals surface area contributed by atoms with E-state index in [2.05, 4.69) is 38.1 Å². The zero-order chi connectivity index (χ0) is 18.9. The molecule has 2 N–H and O–H groups in total. The number of rotatable bonds is 2. The highest BCUT2D eigenvalue weighted by Crippen LogP contribution is 2.56. The van der Waals surface area contributed by atoms with Gasteiger partial charge in [0.2, 0.25) is 0 Å². The Labute approximate surface area is 154 Å². The molecule has 4 nitrogen and oxygen atoms in total. The predicted molar refractivity (Wildman–Crippen MR) is 99.0 cm³/mol. The molecule has 0 aromatic heterocycles. The molecule has 0 fully saturated rings. The number of aryl methyl sites for hydroxylation is 1. The second kappa shape index (κ2) is 6.70. The van der Waals surface area contributed by atoms with Crippen LogP contribution in [0.5, 0.6) is 0 Å². The molecule has 0 radical (unpaired) electrons. The first-order valence-electron chi connectivity index (χ1n) is 9.04. The fraction of sp³-hybridized carbons (Fsp3) is 0.409. The minimum atomic E-state index is -1.52. The van der Waals surface area contributed by atoms with Crippen molar-refractivity contribution < 1.29 is 0 Å². The van der Waals surface area contributed by atoms with Crippen molar-refractivity contribution in [2.75, 3.05) is 0 Å². The van der Waals surface area contributed by atoms with Crippen molar-refractivity contribution in [3.63, 3.8) is 0 Å². The lowest BCUT2D eigenvalue weighted by molar-refractivity contribution is 0.284. The average molecular weight is 342 g/mol. The number of nitrogens with two attached hydrogens (primary N) is 1. The summed E-state index contributed by atoms with van der Waals surface area (Å²) in [5.74, 6) is 0.0255. The van der Waals surface area contributed by atoms with Crippen LogP contribution in [0.2, 0.25) is 0 Å². The van der Waals surface area contributed by atoms with Crippen LogP contribution in [0.15, 0.2) is 47.2 Å². The predicted octanol–water partition coefficient (Wildman–Crippen LogP) is 4.09. The average Bonchev–Trinajstić information content (AvgIpc) is 2.67. The number of nitrogens with zero attached hydrogens (tertiary/aromatic N) is 3. The van der Waals surface area contributed by atoms with Crippen LogP contribution in [-0.2, 0) is 6.42 Å².